The molecule has 122 valence electrons. The number of hydrogen-bond donors (Lipinski definition) is 0. The van der Waals surface area contributed by atoms with Gasteiger partial charge in [-0.15, -0.1) is 0 Å². The first kappa shape index (κ1) is 17.8. The number of carbonyl (C=O) groups is 1. The molecule has 0 radical (unpaired) electrons. The van der Waals surface area contributed by atoms with E-state index >= 15 is 0 Å². The van der Waals surface area contributed by atoms with Crippen LogP contribution in [0.15, 0.2) is 67.3 Å². The lowest BCUT2D eigenvalue weighted by Crippen LogP contribution is -2.16. The second kappa shape index (κ2) is 8.90. The summed E-state index contributed by atoms with van der Waals surface area (Å²) in [7, 11) is 0. The second-order valence-corrected chi connectivity index (χ2v) is 5.79. The number of carbonyl (C=O) groups excluding carboxylic acids is 1. The van der Waals surface area contributed by atoms with Gasteiger partial charge in [-0.1, -0.05) is 66.7 Å². The van der Waals surface area contributed by atoms with Gasteiger partial charge in [-0.25, -0.2) is 0 Å². The van der Waals surface area contributed by atoms with E-state index in [2.05, 4.69) is 12.6 Å². The Labute approximate surface area is 147 Å². The molecule has 2 atom stereocenters. The quantitative estimate of drug-likeness (QED) is 0.535. The number of ether oxygens (including phenoxy) is 1. The summed E-state index contributed by atoms with van der Waals surface area (Å²) in [5, 5.41) is 10.3. The van der Waals surface area contributed by atoms with E-state index in [4.69, 9.17) is 16.3 Å². The first-order valence-corrected chi connectivity index (χ1v) is 8.00. The van der Waals surface area contributed by atoms with Crippen LogP contribution >= 0.6 is 11.6 Å². The topological polar surface area (TPSA) is 50.1 Å². The van der Waals surface area contributed by atoms with Crippen molar-refractivity contribution in [3.8, 4) is 6.07 Å². The van der Waals surface area contributed by atoms with E-state index in [0.717, 1.165) is 11.1 Å². The molecule has 4 heteroatoms. The van der Waals surface area contributed by atoms with Gasteiger partial charge in [-0.3, -0.25) is 4.79 Å². The number of rotatable bonds is 7. The zero-order chi connectivity index (χ0) is 17.4. The highest BCUT2D eigenvalue weighted by atomic mass is 35.5. The fourth-order valence-corrected chi connectivity index (χ4v) is 2.81. The van der Waals surface area contributed by atoms with Crippen LogP contribution in [0.1, 0.15) is 29.4 Å². The summed E-state index contributed by atoms with van der Waals surface area (Å²) in [5.74, 6) is -1.17. The molecule has 0 aliphatic heterocycles. The monoisotopic (exact) mass is 339 g/mol. The Morgan fingerprint density at radius 3 is 2.54 bits per heavy atom. The summed E-state index contributed by atoms with van der Waals surface area (Å²) in [6.07, 6.45) is 1.64. The molecule has 0 fully saturated rings. The Kier molecular flexibility index (Phi) is 6.60. The lowest BCUT2D eigenvalue weighted by Gasteiger charge is -2.22. The third-order valence-corrected chi connectivity index (χ3v) is 3.96. The molecular weight excluding hydrogens is 322 g/mol. The van der Waals surface area contributed by atoms with Gasteiger partial charge in [0.2, 0.25) is 0 Å². The minimum absolute atomic E-state index is 0.114. The summed E-state index contributed by atoms with van der Waals surface area (Å²) >= 11 is 6.06. The lowest BCUT2D eigenvalue weighted by molar-refractivity contribution is -0.142. The smallest absolute Gasteiger partial charge is 0.306 e. The minimum Gasteiger partial charge on any atom is -0.461 e. The standard InChI is InChI=1S/C20H18ClNO2/c1-2-11-24-20(23)13-18(15-7-4-3-5-8-15)19(14-22)16-9-6-10-17(21)12-16/h2-10,12,18-19H,1,11,13H2. The van der Waals surface area contributed by atoms with Gasteiger partial charge in [0.1, 0.15) is 6.61 Å². The lowest BCUT2D eigenvalue weighted by atomic mass is 9.80. The highest BCUT2D eigenvalue weighted by Gasteiger charge is 2.28. The van der Waals surface area contributed by atoms with Crippen molar-refractivity contribution >= 4 is 17.6 Å². The maximum Gasteiger partial charge on any atom is 0.306 e. The molecule has 2 rings (SSSR count). The molecular formula is C20H18ClNO2. The average molecular weight is 340 g/mol. The van der Waals surface area contributed by atoms with Crippen molar-refractivity contribution in [3.63, 3.8) is 0 Å². The van der Waals surface area contributed by atoms with Gasteiger partial charge in [0.25, 0.3) is 0 Å². The third kappa shape index (κ3) is 4.71. The Morgan fingerprint density at radius 2 is 1.92 bits per heavy atom. The number of benzene rings is 2. The predicted octanol–water partition coefficient (Wildman–Crippen LogP) is 4.85. The van der Waals surface area contributed by atoms with Crippen LogP contribution in [0.5, 0.6) is 0 Å². The van der Waals surface area contributed by atoms with Crippen molar-refractivity contribution in [2.45, 2.75) is 18.3 Å². The molecule has 2 aromatic carbocycles. The van der Waals surface area contributed by atoms with Crippen LogP contribution in [-0.2, 0) is 9.53 Å². The Morgan fingerprint density at radius 1 is 1.21 bits per heavy atom. The van der Waals surface area contributed by atoms with Crippen LogP contribution in [0, 0.1) is 11.3 Å². The Hall–Kier alpha value is -2.57. The fourth-order valence-electron chi connectivity index (χ4n) is 2.62. The number of esters is 1. The van der Waals surface area contributed by atoms with Crippen LogP contribution in [0.4, 0.5) is 0 Å². The first-order valence-electron chi connectivity index (χ1n) is 7.62. The van der Waals surface area contributed by atoms with Gasteiger partial charge in [0.05, 0.1) is 18.4 Å². The molecule has 0 N–H and O–H groups in total. The fraction of sp³-hybridized carbons (Fsp3) is 0.200. The van der Waals surface area contributed by atoms with E-state index < -0.39 is 5.92 Å². The Bertz CT molecular complexity index is 737. The zero-order valence-electron chi connectivity index (χ0n) is 13.2. The normalized spacial score (nSPS) is 12.7. The number of halogens is 1. The summed E-state index contributed by atoms with van der Waals surface area (Å²) in [6, 6.07) is 19.0. The van der Waals surface area contributed by atoms with Gasteiger partial charge in [0.15, 0.2) is 0 Å². The van der Waals surface area contributed by atoms with Crippen LogP contribution in [0.2, 0.25) is 5.02 Å². The number of hydrogen-bond acceptors (Lipinski definition) is 3. The van der Waals surface area contributed by atoms with E-state index in [9.17, 15) is 10.1 Å². The van der Waals surface area contributed by atoms with Crippen molar-refractivity contribution in [2.75, 3.05) is 6.61 Å². The van der Waals surface area contributed by atoms with Crippen LogP contribution in [0.3, 0.4) is 0 Å². The third-order valence-electron chi connectivity index (χ3n) is 3.73. The van der Waals surface area contributed by atoms with E-state index in [0.29, 0.717) is 5.02 Å². The van der Waals surface area contributed by atoms with Crippen molar-refractivity contribution in [2.24, 2.45) is 0 Å². The average Bonchev–Trinajstić information content (AvgIpc) is 2.60. The second-order valence-electron chi connectivity index (χ2n) is 5.35. The molecule has 0 aliphatic carbocycles. The molecule has 24 heavy (non-hydrogen) atoms. The highest BCUT2D eigenvalue weighted by Crippen LogP contribution is 2.36. The zero-order valence-corrected chi connectivity index (χ0v) is 13.9. The SMILES string of the molecule is C=CCOC(=O)CC(c1ccccc1)C(C#N)c1cccc(Cl)c1. The van der Waals surface area contributed by atoms with Crippen molar-refractivity contribution in [1.82, 2.24) is 0 Å². The molecule has 0 saturated carbocycles. The van der Waals surface area contributed by atoms with Crippen molar-refractivity contribution < 1.29 is 9.53 Å². The number of nitrogens with zero attached hydrogens (tertiary/aromatic N) is 1. The van der Waals surface area contributed by atoms with E-state index in [1.54, 1.807) is 18.2 Å². The molecule has 0 bridgehead atoms. The van der Waals surface area contributed by atoms with E-state index in [1.165, 1.54) is 6.08 Å². The van der Waals surface area contributed by atoms with Gasteiger partial charge in [0, 0.05) is 10.9 Å². The van der Waals surface area contributed by atoms with E-state index in [1.807, 2.05) is 36.4 Å². The van der Waals surface area contributed by atoms with Crippen LogP contribution in [-0.4, -0.2) is 12.6 Å². The molecule has 0 heterocycles. The van der Waals surface area contributed by atoms with Gasteiger partial charge in [-0.05, 0) is 23.3 Å². The molecule has 0 amide bonds. The largest absolute Gasteiger partial charge is 0.461 e. The molecule has 0 aliphatic rings. The van der Waals surface area contributed by atoms with Crippen molar-refractivity contribution in [3.05, 3.63) is 83.4 Å². The van der Waals surface area contributed by atoms with Gasteiger partial charge in [-0.2, -0.15) is 5.26 Å². The number of nitriles is 1. The minimum atomic E-state index is -0.498. The molecule has 2 unspecified atom stereocenters. The van der Waals surface area contributed by atoms with Crippen LogP contribution < -0.4 is 0 Å². The molecule has 3 nitrogen and oxygen atoms in total. The summed E-state index contributed by atoms with van der Waals surface area (Å²) in [6.45, 7) is 3.70. The maximum atomic E-state index is 12.1. The molecule has 2 aromatic rings. The summed E-state index contributed by atoms with van der Waals surface area (Å²) in [4.78, 5) is 12.1. The van der Waals surface area contributed by atoms with E-state index in [-0.39, 0.29) is 24.9 Å². The van der Waals surface area contributed by atoms with Crippen molar-refractivity contribution in [1.29, 1.82) is 5.26 Å². The Balaban J connectivity index is 2.35. The highest BCUT2D eigenvalue weighted by molar-refractivity contribution is 6.30. The predicted molar refractivity (Wildman–Crippen MR) is 94.8 cm³/mol. The molecule has 0 aromatic heterocycles. The molecule has 0 spiro atoms. The van der Waals surface area contributed by atoms with Crippen LogP contribution in [0.25, 0.3) is 0 Å². The van der Waals surface area contributed by atoms with Gasteiger partial charge >= 0.3 is 5.97 Å². The summed E-state index contributed by atoms with van der Waals surface area (Å²) < 4.78 is 5.10. The maximum absolute atomic E-state index is 12.1. The first-order chi connectivity index (χ1) is 11.7. The summed E-state index contributed by atoms with van der Waals surface area (Å²) in [5.41, 5.74) is 1.70. The van der Waals surface area contributed by atoms with Gasteiger partial charge < -0.3 is 4.74 Å². The molecule has 0 saturated heterocycles.